The zero-order chi connectivity index (χ0) is 17.4. The molecule has 24 heavy (non-hydrogen) atoms. The number of carbonyl (C=O) groups is 2. The predicted molar refractivity (Wildman–Crippen MR) is 94.3 cm³/mol. The fourth-order valence-electron chi connectivity index (χ4n) is 4.77. The SMILES string of the molecule is CCCC[C@]12CC(=O)[C@](C(=O)OC)(C/C1=C(\C)c1ccccc1)C2. The minimum absolute atomic E-state index is 0.0788. The monoisotopic (exact) mass is 326 g/mol. The molecule has 0 aromatic heterocycles. The van der Waals surface area contributed by atoms with Gasteiger partial charge in [-0.15, -0.1) is 0 Å². The molecule has 2 saturated carbocycles. The minimum atomic E-state index is -0.937. The number of fused-ring (bicyclic) bond motifs is 2. The predicted octanol–water partition coefficient (Wildman–Crippen LogP) is 4.56. The van der Waals surface area contributed by atoms with E-state index in [1.165, 1.54) is 23.8 Å². The number of hydrogen-bond donors (Lipinski definition) is 0. The Morgan fingerprint density at radius 3 is 2.54 bits per heavy atom. The third kappa shape index (κ3) is 2.42. The van der Waals surface area contributed by atoms with E-state index >= 15 is 0 Å². The highest BCUT2D eigenvalue weighted by Crippen LogP contribution is 2.66. The number of benzene rings is 1. The van der Waals surface area contributed by atoms with Gasteiger partial charge in [0.15, 0.2) is 5.78 Å². The number of methoxy groups -OCH3 is 1. The van der Waals surface area contributed by atoms with Crippen LogP contribution in [0.15, 0.2) is 35.9 Å². The van der Waals surface area contributed by atoms with E-state index in [-0.39, 0.29) is 17.2 Å². The van der Waals surface area contributed by atoms with Gasteiger partial charge in [0.25, 0.3) is 0 Å². The topological polar surface area (TPSA) is 43.4 Å². The molecule has 0 spiro atoms. The number of rotatable bonds is 5. The van der Waals surface area contributed by atoms with Crippen molar-refractivity contribution in [2.45, 2.75) is 52.4 Å². The summed E-state index contributed by atoms with van der Waals surface area (Å²) >= 11 is 0. The number of ketones is 1. The van der Waals surface area contributed by atoms with Crippen LogP contribution < -0.4 is 0 Å². The molecule has 3 heteroatoms. The lowest BCUT2D eigenvalue weighted by Crippen LogP contribution is -2.36. The summed E-state index contributed by atoms with van der Waals surface area (Å²) < 4.78 is 5.03. The van der Waals surface area contributed by atoms with Gasteiger partial charge in [-0.1, -0.05) is 55.7 Å². The van der Waals surface area contributed by atoms with E-state index in [1.807, 2.05) is 18.2 Å². The van der Waals surface area contributed by atoms with Gasteiger partial charge >= 0.3 is 5.97 Å². The van der Waals surface area contributed by atoms with Crippen molar-refractivity contribution >= 4 is 17.3 Å². The van der Waals surface area contributed by atoms with E-state index in [4.69, 9.17) is 4.74 Å². The Balaban J connectivity index is 2.09. The second-order valence-electron chi connectivity index (χ2n) is 7.38. The van der Waals surface area contributed by atoms with Crippen LogP contribution in [0.2, 0.25) is 0 Å². The van der Waals surface area contributed by atoms with Gasteiger partial charge in [-0.3, -0.25) is 9.59 Å². The first-order chi connectivity index (χ1) is 11.5. The number of allylic oxidation sites excluding steroid dienone is 2. The number of carbonyl (C=O) groups excluding carboxylic acids is 2. The number of hydrogen-bond acceptors (Lipinski definition) is 3. The molecule has 2 atom stereocenters. The van der Waals surface area contributed by atoms with Gasteiger partial charge in [0.2, 0.25) is 0 Å². The molecule has 128 valence electrons. The normalized spacial score (nSPS) is 30.5. The summed E-state index contributed by atoms with van der Waals surface area (Å²) in [5.74, 6) is -0.267. The molecule has 0 N–H and O–H groups in total. The van der Waals surface area contributed by atoms with E-state index < -0.39 is 5.41 Å². The summed E-state index contributed by atoms with van der Waals surface area (Å²) in [6.07, 6.45) is 4.80. The van der Waals surface area contributed by atoms with Crippen LogP contribution in [0.25, 0.3) is 5.57 Å². The van der Waals surface area contributed by atoms with Gasteiger partial charge < -0.3 is 4.74 Å². The van der Waals surface area contributed by atoms with Crippen LogP contribution in [0.3, 0.4) is 0 Å². The van der Waals surface area contributed by atoms with E-state index in [1.54, 1.807) is 0 Å². The number of unbranched alkanes of at least 4 members (excludes halogenated alkanes) is 1. The molecule has 3 rings (SSSR count). The lowest BCUT2D eigenvalue weighted by molar-refractivity contribution is -0.156. The van der Waals surface area contributed by atoms with Crippen molar-refractivity contribution in [3.63, 3.8) is 0 Å². The van der Waals surface area contributed by atoms with Crippen molar-refractivity contribution in [1.29, 1.82) is 0 Å². The molecule has 1 aromatic carbocycles. The maximum atomic E-state index is 12.7. The van der Waals surface area contributed by atoms with Gasteiger partial charge in [0.1, 0.15) is 5.41 Å². The third-order valence-electron chi connectivity index (χ3n) is 6.04. The quantitative estimate of drug-likeness (QED) is 0.588. The highest BCUT2D eigenvalue weighted by Gasteiger charge is 2.66. The lowest BCUT2D eigenvalue weighted by Gasteiger charge is -2.31. The van der Waals surface area contributed by atoms with E-state index in [2.05, 4.69) is 26.0 Å². The molecule has 2 fully saturated rings. The van der Waals surface area contributed by atoms with Crippen LogP contribution >= 0.6 is 0 Å². The van der Waals surface area contributed by atoms with Gasteiger partial charge in [-0.2, -0.15) is 0 Å². The fraction of sp³-hybridized carbons (Fsp3) is 0.524. The summed E-state index contributed by atoms with van der Waals surface area (Å²) in [6, 6.07) is 10.3. The van der Waals surface area contributed by atoms with Crippen LogP contribution in [0.5, 0.6) is 0 Å². The zero-order valence-corrected chi connectivity index (χ0v) is 14.9. The molecule has 0 amide bonds. The molecule has 0 heterocycles. The summed E-state index contributed by atoms with van der Waals surface area (Å²) in [7, 11) is 1.39. The number of esters is 1. The molecule has 0 unspecified atom stereocenters. The van der Waals surface area contributed by atoms with Crippen molar-refractivity contribution in [2.24, 2.45) is 10.8 Å². The molecule has 2 bridgehead atoms. The Kier molecular flexibility index (Phi) is 4.37. The van der Waals surface area contributed by atoms with E-state index in [0.717, 1.165) is 19.3 Å². The first kappa shape index (κ1) is 16.9. The Morgan fingerprint density at radius 2 is 1.92 bits per heavy atom. The second-order valence-corrected chi connectivity index (χ2v) is 7.38. The minimum Gasteiger partial charge on any atom is -0.468 e. The van der Waals surface area contributed by atoms with Crippen LogP contribution in [-0.2, 0) is 14.3 Å². The maximum absolute atomic E-state index is 12.7. The van der Waals surface area contributed by atoms with Gasteiger partial charge in [-0.25, -0.2) is 0 Å². The van der Waals surface area contributed by atoms with Crippen LogP contribution in [-0.4, -0.2) is 18.9 Å². The second kappa shape index (κ2) is 6.19. The Hall–Kier alpha value is -1.90. The van der Waals surface area contributed by atoms with Crippen LogP contribution in [0.4, 0.5) is 0 Å². The van der Waals surface area contributed by atoms with Crippen molar-refractivity contribution in [3.05, 3.63) is 41.5 Å². The van der Waals surface area contributed by atoms with Crippen molar-refractivity contribution < 1.29 is 14.3 Å². The van der Waals surface area contributed by atoms with E-state index in [9.17, 15) is 9.59 Å². The fourth-order valence-corrected chi connectivity index (χ4v) is 4.77. The molecule has 1 aromatic rings. The van der Waals surface area contributed by atoms with Crippen molar-refractivity contribution in [3.8, 4) is 0 Å². The molecular formula is C21H26O3. The summed E-state index contributed by atoms with van der Waals surface area (Å²) in [5, 5.41) is 0. The molecule has 0 aliphatic heterocycles. The molecular weight excluding hydrogens is 300 g/mol. The lowest BCUT2D eigenvalue weighted by atomic mass is 9.72. The molecule has 0 radical (unpaired) electrons. The van der Waals surface area contributed by atoms with Crippen molar-refractivity contribution in [2.75, 3.05) is 7.11 Å². The maximum Gasteiger partial charge on any atom is 0.319 e. The first-order valence-electron chi connectivity index (χ1n) is 8.86. The van der Waals surface area contributed by atoms with Gasteiger partial charge in [-0.05, 0) is 37.3 Å². The summed E-state index contributed by atoms with van der Waals surface area (Å²) in [4.78, 5) is 25.2. The average Bonchev–Trinajstić information content (AvgIpc) is 3.10. The number of Topliss-reactive ketones (excluding diaryl/α,β-unsaturated/α-hetero) is 1. The van der Waals surface area contributed by atoms with Gasteiger partial charge in [0.05, 0.1) is 7.11 Å². The molecule has 0 saturated heterocycles. The molecule has 3 nitrogen and oxygen atoms in total. The first-order valence-corrected chi connectivity index (χ1v) is 8.86. The smallest absolute Gasteiger partial charge is 0.319 e. The zero-order valence-electron chi connectivity index (χ0n) is 14.9. The third-order valence-corrected chi connectivity index (χ3v) is 6.04. The van der Waals surface area contributed by atoms with Gasteiger partial charge in [0, 0.05) is 11.8 Å². The van der Waals surface area contributed by atoms with Crippen LogP contribution in [0, 0.1) is 10.8 Å². The Morgan fingerprint density at radius 1 is 1.21 bits per heavy atom. The Labute approximate surface area is 144 Å². The summed E-state index contributed by atoms with van der Waals surface area (Å²) in [5.41, 5.74) is 2.62. The highest BCUT2D eigenvalue weighted by atomic mass is 16.5. The summed E-state index contributed by atoms with van der Waals surface area (Å²) in [6.45, 7) is 4.30. The Bertz CT molecular complexity index is 688. The molecule has 2 aliphatic carbocycles. The van der Waals surface area contributed by atoms with E-state index in [0.29, 0.717) is 19.3 Å². The van der Waals surface area contributed by atoms with Crippen LogP contribution in [0.1, 0.15) is 57.9 Å². The number of ether oxygens (including phenoxy) is 1. The average molecular weight is 326 g/mol. The molecule has 2 aliphatic rings. The highest BCUT2D eigenvalue weighted by molar-refractivity contribution is 6.08. The largest absolute Gasteiger partial charge is 0.468 e. The van der Waals surface area contributed by atoms with Crippen molar-refractivity contribution in [1.82, 2.24) is 0 Å². The standard InChI is InChI=1S/C21H26O3/c1-4-5-11-20-13-18(22)21(14-20,19(23)24-3)12-17(20)15(2)16-9-7-6-8-10-16/h6-10H,4-5,11-14H2,1-3H3/b17-15-/t20-,21+/m1/s1.